The number of aromatic nitrogens is 3. The summed E-state index contributed by atoms with van der Waals surface area (Å²) in [4.78, 5) is 7.06. The van der Waals surface area contributed by atoms with Crippen LogP contribution in [0.25, 0.3) is 0 Å². The first kappa shape index (κ1) is 19.8. The van der Waals surface area contributed by atoms with Crippen molar-refractivity contribution in [1.82, 2.24) is 25.0 Å². The van der Waals surface area contributed by atoms with Crippen molar-refractivity contribution in [3.05, 3.63) is 46.5 Å². The van der Waals surface area contributed by atoms with Crippen molar-refractivity contribution in [1.29, 1.82) is 0 Å². The van der Waals surface area contributed by atoms with Gasteiger partial charge in [-0.3, -0.25) is 0 Å². The number of nitrogens with one attached hydrogen (secondary N) is 1. The molecule has 2 heterocycles. The molecule has 0 bridgehead atoms. The Morgan fingerprint density at radius 3 is 2.74 bits per heavy atom. The molecule has 27 heavy (non-hydrogen) atoms. The molecule has 1 aromatic heterocycles. The zero-order chi connectivity index (χ0) is 19.1. The summed E-state index contributed by atoms with van der Waals surface area (Å²) in [5.41, 5.74) is 1.17. The minimum atomic E-state index is -0.196. The van der Waals surface area contributed by atoms with E-state index in [2.05, 4.69) is 60.0 Å². The Balaban J connectivity index is 1.63. The highest BCUT2D eigenvalue weighted by molar-refractivity contribution is 9.10. The lowest BCUT2D eigenvalue weighted by Gasteiger charge is -2.32. The van der Waals surface area contributed by atoms with E-state index in [0.29, 0.717) is 6.54 Å². The van der Waals surface area contributed by atoms with Crippen molar-refractivity contribution in [2.75, 3.05) is 19.6 Å². The Labute approximate surface area is 168 Å². The van der Waals surface area contributed by atoms with Crippen LogP contribution in [0.2, 0.25) is 0 Å². The first-order chi connectivity index (χ1) is 13.2. The van der Waals surface area contributed by atoms with Gasteiger partial charge < -0.3 is 19.9 Å². The average Bonchev–Trinajstić information content (AvgIpc) is 3.14. The number of piperidine rings is 1. The summed E-state index contributed by atoms with van der Waals surface area (Å²) in [6.45, 7) is 5.90. The van der Waals surface area contributed by atoms with Gasteiger partial charge in [0.2, 0.25) is 0 Å². The van der Waals surface area contributed by atoms with Gasteiger partial charge in [-0.2, -0.15) is 0 Å². The zero-order valence-electron chi connectivity index (χ0n) is 15.7. The van der Waals surface area contributed by atoms with Crippen molar-refractivity contribution in [2.45, 2.75) is 45.4 Å². The van der Waals surface area contributed by atoms with Gasteiger partial charge >= 0.3 is 0 Å². The van der Waals surface area contributed by atoms with Crippen LogP contribution in [0.15, 0.2) is 40.1 Å². The van der Waals surface area contributed by atoms with E-state index < -0.39 is 0 Å². The van der Waals surface area contributed by atoms with E-state index in [9.17, 15) is 5.11 Å². The molecule has 8 heteroatoms. The topological polar surface area (TPSA) is 78.6 Å². The van der Waals surface area contributed by atoms with E-state index in [1.165, 1.54) is 5.56 Å². The second-order valence-electron chi connectivity index (χ2n) is 6.71. The Bertz CT molecular complexity index is 737. The van der Waals surface area contributed by atoms with Crippen molar-refractivity contribution < 1.29 is 5.11 Å². The van der Waals surface area contributed by atoms with Crippen LogP contribution >= 0.6 is 15.9 Å². The summed E-state index contributed by atoms with van der Waals surface area (Å²) in [7, 11) is 0. The molecule has 1 aliphatic heterocycles. The maximum Gasteiger partial charge on any atom is 0.194 e. The second-order valence-corrected chi connectivity index (χ2v) is 7.62. The Morgan fingerprint density at radius 2 is 2.04 bits per heavy atom. The highest BCUT2D eigenvalue weighted by atomic mass is 79.9. The summed E-state index contributed by atoms with van der Waals surface area (Å²) in [6, 6.07) is 8.23. The number of halogens is 1. The molecule has 2 aromatic rings. The maximum atomic E-state index is 9.79. The highest BCUT2D eigenvalue weighted by Gasteiger charge is 2.19. The Morgan fingerprint density at radius 1 is 1.30 bits per heavy atom. The molecule has 7 nitrogen and oxygen atoms in total. The molecular weight excluding hydrogens is 408 g/mol. The first-order valence-corrected chi connectivity index (χ1v) is 10.3. The monoisotopic (exact) mass is 434 g/mol. The highest BCUT2D eigenvalue weighted by Crippen LogP contribution is 2.13. The van der Waals surface area contributed by atoms with Crippen LogP contribution in [-0.2, 0) is 19.5 Å². The Hall–Kier alpha value is -1.93. The number of likely N-dealkylation sites (tertiary alicyclic amines) is 1. The first-order valence-electron chi connectivity index (χ1n) is 9.48. The number of guanidine groups is 1. The van der Waals surface area contributed by atoms with Crippen molar-refractivity contribution in [3.8, 4) is 0 Å². The van der Waals surface area contributed by atoms with Gasteiger partial charge in [0, 0.05) is 37.1 Å². The minimum absolute atomic E-state index is 0.196. The molecule has 0 radical (unpaired) electrons. The van der Waals surface area contributed by atoms with Crippen LogP contribution in [0.4, 0.5) is 0 Å². The van der Waals surface area contributed by atoms with E-state index in [-0.39, 0.29) is 6.10 Å². The second kappa shape index (κ2) is 9.85. The van der Waals surface area contributed by atoms with Gasteiger partial charge in [-0.1, -0.05) is 35.0 Å². The third-order valence-corrected chi connectivity index (χ3v) is 5.27. The molecule has 146 valence electrons. The van der Waals surface area contributed by atoms with E-state index in [1.807, 2.05) is 12.1 Å². The molecule has 1 fully saturated rings. The van der Waals surface area contributed by atoms with Gasteiger partial charge in [-0.25, -0.2) is 4.99 Å². The van der Waals surface area contributed by atoms with Crippen LogP contribution in [0.1, 0.15) is 31.2 Å². The summed E-state index contributed by atoms with van der Waals surface area (Å²) in [5.74, 6) is 1.89. The maximum absolute atomic E-state index is 9.79. The minimum Gasteiger partial charge on any atom is -0.393 e. The molecule has 0 atom stereocenters. The van der Waals surface area contributed by atoms with Crippen LogP contribution < -0.4 is 5.32 Å². The van der Waals surface area contributed by atoms with Gasteiger partial charge in [0.05, 0.1) is 12.6 Å². The molecule has 2 N–H and O–H groups in total. The van der Waals surface area contributed by atoms with Gasteiger partial charge in [-0.15, -0.1) is 10.2 Å². The predicted molar refractivity (Wildman–Crippen MR) is 109 cm³/mol. The lowest BCUT2D eigenvalue weighted by molar-refractivity contribution is 0.108. The van der Waals surface area contributed by atoms with Gasteiger partial charge in [0.25, 0.3) is 0 Å². The summed E-state index contributed by atoms with van der Waals surface area (Å²) in [6.07, 6.45) is 4.01. The third kappa shape index (κ3) is 5.77. The Kier molecular flexibility index (Phi) is 7.23. The molecule has 0 saturated carbocycles. The number of hydrogen-bond acceptors (Lipinski definition) is 4. The fraction of sp³-hybridized carbons (Fsp3) is 0.526. The molecule has 0 spiro atoms. The number of aryl methyl sites for hydroxylation is 1. The summed E-state index contributed by atoms with van der Waals surface area (Å²) >= 11 is 3.47. The van der Waals surface area contributed by atoms with Crippen LogP contribution in [0.5, 0.6) is 0 Å². The molecule has 1 aliphatic rings. The summed E-state index contributed by atoms with van der Waals surface area (Å²) in [5, 5.41) is 21.4. The summed E-state index contributed by atoms with van der Waals surface area (Å²) < 4.78 is 3.14. The number of aliphatic imine (C=N–C) groups is 1. The molecule has 3 rings (SSSR count). The predicted octanol–water partition coefficient (Wildman–Crippen LogP) is 2.21. The van der Waals surface area contributed by atoms with Crippen molar-refractivity contribution >= 4 is 21.9 Å². The fourth-order valence-corrected chi connectivity index (χ4v) is 3.39. The standard InChI is InChI=1S/C19H27BrN6O/c1-2-18-24-23-14-26(18)12-9-21-19(25-10-7-17(27)8-11-25)22-13-15-3-5-16(20)6-4-15/h3-6,14,17,27H,2,7-13H2,1H3,(H,21,22). The lowest BCUT2D eigenvalue weighted by Crippen LogP contribution is -2.47. The van der Waals surface area contributed by atoms with Gasteiger partial charge in [0.15, 0.2) is 5.96 Å². The molecule has 1 aromatic carbocycles. The quantitative estimate of drug-likeness (QED) is 0.538. The van der Waals surface area contributed by atoms with Crippen LogP contribution in [-0.4, -0.2) is 56.5 Å². The van der Waals surface area contributed by atoms with Crippen molar-refractivity contribution in [2.24, 2.45) is 4.99 Å². The number of aliphatic hydroxyl groups excluding tert-OH is 1. The van der Waals surface area contributed by atoms with Crippen molar-refractivity contribution in [3.63, 3.8) is 0 Å². The SMILES string of the molecule is CCc1nncn1CCNC(=NCc1ccc(Br)cc1)N1CCC(O)CC1. The number of aliphatic hydroxyl groups is 1. The van der Waals surface area contributed by atoms with Gasteiger partial charge in [0.1, 0.15) is 12.2 Å². The lowest BCUT2D eigenvalue weighted by atomic mass is 10.1. The van der Waals surface area contributed by atoms with E-state index in [1.54, 1.807) is 6.33 Å². The molecule has 0 aliphatic carbocycles. The smallest absolute Gasteiger partial charge is 0.194 e. The molecule has 0 unspecified atom stereocenters. The number of nitrogens with zero attached hydrogens (tertiary/aromatic N) is 5. The normalized spacial score (nSPS) is 16.0. The van der Waals surface area contributed by atoms with Gasteiger partial charge in [-0.05, 0) is 30.5 Å². The number of benzene rings is 1. The van der Waals surface area contributed by atoms with Crippen LogP contribution in [0, 0.1) is 0 Å². The van der Waals surface area contributed by atoms with Crippen LogP contribution in [0.3, 0.4) is 0 Å². The van der Waals surface area contributed by atoms with E-state index in [4.69, 9.17) is 4.99 Å². The number of rotatable bonds is 6. The van der Waals surface area contributed by atoms with E-state index in [0.717, 1.165) is 61.7 Å². The third-order valence-electron chi connectivity index (χ3n) is 4.74. The zero-order valence-corrected chi connectivity index (χ0v) is 17.3. The molecule has 1 saturated heterocycles. The largest absolute Gasteiger partial charge is 0.393 e. The fourth-order valence-electron chi connectivity index (χ4n) is 3.13. The average molecular weight is 435 g/mol. The number of hydrogen-bond donors (Lipinski definition) is 2. The molecule has 0 amide bonds. The molecular formula is C19H27BrN6O. The van der Waals surface area contributed by atoms with E-state index >= 15 is 0 Å².